The summed E-state index contributed by atoms with van der Waals surface area (Å²) in [6.45, 7) is 0. The van der Waals surface area contributed by atoms with E-state index in [2.05, 4.69) is 42.5 Å². The highest BCUT2D eigenvalue weighted by atomic mass is 19.1. The lowest BCUT2D eigenvalue weighted by Gasteiger charge is -2.23. The molecule has 0 atom stereocenters. The van der Waals surface area contributed by atoms with Gasteiger partial charge in [0.15, 0.2) is 0 Å². The van der Waals surface area contributed by atoms with E-state index in [0.717, 1.165) is 0 Å². The average molecular weight is 1090 g/mol. The van der Waals surface area contributed by atoms with Crippen LogP contribution in [0.2, 0.25) is 0 Å². The van der Waals surface area contributed by atoms with E-state index in [4.69, 9.17) is 18.9 Å². The molecule has 8 N–H and O–H groups in total. The number of fused-ring (bicyclic) bond motifs is 8. The summed E-state index contributed by atoms with van der Waals surface area (Å²) in [5.41, 5.74) is 6.89. The first-order valence-electron chi connectivity index (χ1n) is 24.8. The second-order valence-electron chi connectivity index (χ2n) is 18.4. The molecule has 8 aromatic carbocycles. The lowest BCUT2D eigenvalue weighted by atomic mass is 9.90. The van der Waals surface area contributed by atoms with Crippen LogP contribution in [-0.4, -0.2) is 52.6 Å². The van der Waals surface area contributed by atoms with E-state index in [0.29, 0.717) is 113 Å². The predicted octanol–water partition coefficient (Wildman–Crippen LogP) is 13.5. The van der Waals surface area contributed by atoms with Gasteiger partial charge in [-0.15, -0.1) is 0 Å². The van der Waals surface area contributed by atoms with Gasteiger partial charge in [-0.3, -0.25) is 0 Å². The molecule has 0 aromatic heterocycles. The van der Waals surface area contributed by atoms with Crippen molar-refractivity contribution in [2.24, 2.45) is 0 Å². The molecule has 0 unspecified atom stereocenters. The zero-order valence-electron chi connectivity index (χ0n) is 43.5. The molecule has 1 aliphatic rings. The zero-order valence-corrected chi connectivity index (χ0v) is 43.5. The molecule has 8 aromatic rings. The molecule has 8 bridgehead atoms. The second kappa shape index (κ2) is 24.4. The van der Waals surface area contributed by atoms with Crippen LogP contribution >= 0.6 is 0 Å². The standard InChI is InChI=1S/C60H52F4N8O8/c1-77-53-33-21-35-27-50(70-58(74)66-46-15-7-42(62)8-16-46)29-37(54(35)78-2)23-39-31-52(72-60(76)68-48-19-11-44(64)12-20-48)32-40(56(39)80-4)24-38-30-51(71-59(75)67-47-17-9-43(63)10-18-47)28-36(55(38)79-3)22-34(53)26-49(25-33)69-57(73)65-45-13-5-41(61)6-14-45/h5-20,25-32H,21-24H2,1-4H3,(H2,65,69,73)(H2,66,70,74)(H2,67,71,75)(H2,68,72,76). The first-order valence-corrected chi connectivity index (χ1v) is 24.8. The number of urea groups is 4. The number of rotatable bonds is 12. The van der Waals surface area contributed by atoms with Gasteiger partial charge in [0.25, 0.3) is 0 Å². The molecule has 408 valence electrons. The molecule has 0 radical (unpaired) electrons. The highest BCUT2D eigenvalue weighted by molar-refractivity contribution is 6.02. The van der Waals surface area contributed by atoms with Crippen molar-refractivity contribution in [1.82, 2.24) is 0 Å². The Labute approximate surface area is 456 Å². The minimum atomic E-state index is -0.644. The molecule has 1 aliphatic carbocycles. The highest BCUT2D eigenvalue weighted by Crippen LogP contribution is 2.42. The average Bonchev–Trinajstić information content (AvgIpc) is 3.44. The van der Waals surface area contributed by atoms with Crippen LogP contribution in [0.25, 0.3) is 0 Å². The van der Waals surface area contributed by atoms with E-state index in [1.165, 1.54) is 126 Å². The summed E-state index contributed by atoms with van der Waals surface area (Å²) >= 11 is 0. The smallest absolute Gasteiger partial charge is 0.323 e. The summed E-state index contributed by atoms with van der Waals surface area (Å²) < 4.78 is 80.3. The van der Waals surface area contributed by atoms with Crippen molar-refractivity contribution in [3.8, 4) is 23.0 Å². The van der Waals surface area contributed by atoms with Crippen LogP contribution in [0, 0.1) is 23.3 Å². The molecule has 0 aliphatic heterocycles. The van der Waals surface area contributed by atoms with Crippen LogP contribution in [0.15, 0.2) is 146 Å². The predicted molar refractivity (Wildman–Crippen MR) is 299 cm³/mol. The van der Waals surface area contributed by atoms with Gasteiger partial charge in [0.05, 0.1) is 28.4 Å². The number of ether oxygens (including phenoxy) is 4. The quantitative estimate of drug-likeness (QED) is 0.0552. The summed E-state index contributed by atoms with van der Waals surface area (Å²) in [5, 5.41) is 22.5. The molecule has 0 spiro atoms. The largest absolute Gasteiger partial charge is 0.496 e. The van der Waals surface area contributed by atoms with E-state index < -0.39 is 47.4 Å². The summed E-state index contributed by atoms with van der Waals surface area (Å²) in [6, 6.07) is 32.2. The molecule has 0 heterocycles. The summed E-state index contributed by atoms with van der Waals surface area (Å²) in [5.74, 6) is -0.343. The number of anilines is 8. The first-order chi connectivity index (χ1) is 38.6. The first kappa shape index (κ1) is 54.5. The Kier molecular flexibility index (Phi) is 16.6. The topological polar surface area (TPSA) is 201 Å². The van der Waals surface area contributed by atoms with Gasteiger partial charge in [-0.05, 0) is 146 Å². The number of carbonyl (C=O) groups is 4. The highest BCUT2D eigenvalue weighted by Gasteiger charge is 2.25. The fourth-order valence-corrected chi connectivity index (χ4v) is 9.53. The number of amides is 8. The maximum Gasteiger partial charge on any atom is 0.323 e. The van der Waals surface area contributed by atoms with E-state index in [1.54, 1.807) is 48.5 Å². The van der Waals surface area contributed by atoms with E-state index in [1.807, 2.05) is 0 Å². The lowest BCUT2D eigenvalue weighted by molar-refractivity contribution is 0.261. The third-order valence-electron chi connectivity index (χ3n) is 12.8. The number of methoxy groups -OCH3 is 4. The Morgan fingerprint density at radius 1 is 0.275 bits per heavy atom. The van der Waals surface area contributed by atoms with Gasteiger partial charge in [0, 0.05) is 116 Å². The maximum atomic E-state index is 13.8. The Hall–Kier alpha value is -10.2. The number of nitrogens with one attached hydrogen (secondary N) is 8. The lowest BCUT2D eigenvalue weighted by Crippen LogP contribution is -2.20. The van der Waals surface area contributed by atoms with Crippen molar-refractivity contribution < 1.29 is 55.7 Å². The van der Waals surface area contributed by atoms with Crippen molar-refractivity contribution >= 4 is 69.6 Å². The number of carbonyl (C=O) groups excluding carboxylic acids is 4. The van der Waals surface area contributed by atoms with Gasteiger partial charge >= 0.3 is 24.1 Å². The number of halogens is 4. The van der Waals surface area contributed by atoms with Crippen LogP contribution in [0.4, 0.5) is 82.2 Å². The molecule has 0 fully saturated rings. The van der Waals surface area contributed by atoms with Gasteiger partial charge in [0.2, 0.25) is 0 Å². The minimum Gasteiger partial charge on any atom is -0.496 e. The fourth-order valence-electron chi connectivity index (χ4n) is 9.53. The summed E-state index contributed by atoms with van der Waals surface area (Å²) in [6.07, 6.45) is 0.213. The Morgan fingerprint density at radius 2 is 0.425 bits per heavy atom. The molecule has 0 saturated heterocycles. The number of hydrogen-bond acceptors (Lipinski definition) is 8. The van der Waals surface area contributed by atoms with Crippen molar-refractivity contribution in [3.63, 3.8) is 0 Å². The van der Waals surface area contributed by atoms with Gasteiger partial charge in [-0.25, -0.2) is 36.7 Å². The summed E-state index contributed by atoms with van der Waals surface area (Å²) in [7, 11) is 6.00. The molecular formula is C60H52F4N8O8. The molecule has 80 heavy (non-hydrogen) atoms. The molecule has 0 saturated carbocycles. The van der Waals surface area contributed by atoms with Crippen LogP contribution in [0.5, 0.6) is 23.0 Å². The van der Waals surface area contributed by atoms with Gasteiger partial charge in [0.1, 0.15) is 46.3 Å². The molecule has 20 heteroatoms. The van der Waals surface area contributed by atoms with Gasteiger partial charge in [-0.1, -0.05) is 0 Å². The molecule has 9 rings (SSSR count). The normalized spacial score (nSPS) is 11.5. The van der Waals surface area contributed by atoms with E-state index in [-0.39, 0.29) is 25.7 Å². The van der Waals surface area contributed by atoms with E-state index in [9.17, 15) is 36.7 Å². The van der Waals surface area contributed by atoms with Gasteiger partial charge < -0.3 is 61.5 Å². The van der Waals surface area contributed by atoms with Crippen LogP contribution in [0.3, 0.4) is 0 Å². The number of hydrogen-bond donors (Lipinski definition) is 8. The van der Waals surface area contributed by atoms with Crippen molar-refractivity contribution in [2.75, 3.05) is 71.0 Å². The SMILES string of the molecule is COc1c2cc(NC(=O)Nc3ccc(F)cc3)cc1Cc1cc(NC(=O)Nc3ccc(F)cc3)cc(c1OC)Cc1cc(NC(=O)Nc3ccc(F)cc3)cc(c1OC)Cc1cc(NC(=O)Nc3ccc(F)cc3)cc(c1OC)C2. The molecular weight excluding hydrogens is 1040 g/mol. The van der Waals surface area contributed by atoms with E-state index >= 15 is 0 Å². The second-order valence-corrected chi connectivity index (χ2v) is 18.4. The van der Waals surface area contributed by atoms with Crippen LogP contribution in [-0.2, 0) is 25.7 Å². The van der Waals surface area contributed by atoms with Crippen LogP contribution < -0.4 is 61.5 Å². The zero-order chi connectivity index (χ0) is 56.5. The maximum absolute atomic E-state index is 13.8. The third-order valence-corrected chi connectivity index (χ3v) is 12.8. The third kappa shape index (κ3) is 13.5. The monoisotopic (exact) mass is 1090 g/mol. The number of benzene rings is 8. The molecule has 8 amide bonds. The minimum absolute atomic E-state index is 0.0532. The Morgan fingerprint density at radius 3 is 0.575 bits per heavy atom. The Bertz CT molecular complexity index is 3060. The van der Waals surface area contributed by atoms with Crippen LogP contribution in [0.1, 0.15) is 44.5 Å². The fraction of sp³-hybridized carbons (Fsp3) is 0.133. The Balaban J connectivity index is 1.22. The van der Waals surface area contributed by atoms with Crippen molar-refractivity contribution in [3.05, 3.63) is 213 Å². The van der Waals surface area contributed by atoms with Gasteiger partial charge in [-0.2, -0.15) is 0 Å². The molecule has 16 nitrogen and oxygen atoms in total. The van der Waals surface area contributed by atoms with Crippen molar-refractivity contribution in [1.29, 1.82) is 0 Å². The van der Waals surface area contributed by atoms with Crippen molar-refractivity contribution in [2.45, 2.75) is 25.7 Å². The summed E-state index contributed by atoms with van der Waals surface area (Å²) in [4.78, 5) is 54.8.